The fraction of sp³-hybridized carbons (Fsp3) is 0.286. The number of aryl methyl sites for hydroxylation is 1. The van der Waals surface area contributed by atoms with E-state index in [0.717, 1.165) is 21.7 Å². The third-order valence-corrected chi connectivity index (χ3v) is 3.11. The van der Waals surface area contributed by atoms with Crippen LogP contribution in [0.5, 0.6) is 0 Å². The van der Waals surface area contributed by atoms with E-state index < -0.39 is 5.97 Å². The highest BCUT2D eigenvalue weighted by Crippen LogP contribution is 2.20. The summed E-state index contributed by atoms with van der Waals surface area (Å²) in [6.45, 7) is 2.15. The molecule has 0 aliphatic heterocycles. The lowest BCUT2D eigenvalue weighted by Crippen LogP contribution is -2.05. The van der Waals surface area contributed by atoms with Gasteiger partial charge in [-0.05, 0) is 36.6 Å². The number of carbonyl (C=O) groups is 2. The summed E-state index contributed by atoms with van der Waals surface area (Å²) >= 11 is 3.35. The summed E-state index contributed by atoms with van der Waals surface area (Å²) in [6, 6.07) is 5.58. The van der Waals surface area contributed by atoms with Crippen molar-refractivity contribution >= 4 is 33.9 Å². The van der Waals surface area contributed by atoms with E-state index in [4.69, 9.17) is 9.84 Å². The molecule has 1 aromatic carbocycles. The van der Waals surface area contributed by atoms with Gasteiger partial charge in [-0.3, -0.25) is 4.79 Å². The number of aliphatic carboxylic acids is 1. The summed E-state index contributed by atoms with van der Waals surface area (Å²) in [7, 11) is 0. The van der Waals surface area contributed by atoms with Gasteiger partial charge in [-0.2, -0.15) is 0 Å². The van der Waals surface area contributed by atoms with Crippen LogP contribution >= 0.6 is 15.9 Å². The largest absolute Gasteiger partial charge is 0.478 e. The Morgan fingerprint density at radius 3 is 2.79 bits per heavy atom. The van der Waals surface area contributed by atoms with E-state index in [1.807, 2.05) is 18.2 Å². The summed E-state index contributed by atoms with van der Waals surface area (Å²) in [5.74, 6) is -1.23. The van der Waals surface area contributed by atoms with Crippen molar-refractivity contribution in [2.24, 2.45) is 0 Å². The highest BCUT2D eigenvalue weighted by atomic mass is 79.9. The Morgan fingerprint density at radius 2 is 2.16 bits per heavy atom. The molecule has 0 spiro atoms. The highest BCUT2D eigenvalue weighted by molar-refractivity contribution is 9.10. The van der Waals surface area contributed by atoms with Gasteiger partial charge in [0.1, 0.15) is 0 Å². The van der Waals surface area contributed by atoms with Gasteiger partial charge in [0.2, 0.25) is 0 Å². The number of ether oxygens (including phenoxy) is 1. The molecule has 1 N–H and O–H groups in total. The van der Waals surface area contributed by atoms with Crippen molar-refractivity contribution in [1.82, 2.24) is 0 Å². The molecule has 0 aliphatic rings. The second kappa shape index (κ2) is 7.74. The Morgan fingerprint density at radius 1 is 1.42 bits per heavy atom. The topological polar surface area (TPSA) is 63.6 Å². The van der Waals surface area contributed by atoms with Crippen molar-refractivity contribution in [2.45, 2.75) is 19.8 Å². The van der Waals surface area contributed by atoms with Gasteiger partial charge >= 0.3 is 11.9 Å². The van der Waals surface area contributed by atoms with E-state index in [1.54, 1.807) is 6.92 Å². The number of carboxylic acid groups (broad SMARTS) is 1. The lowest BCUT2D eigenvalue weighted by molar-refractivity contribution is -0.143. The van der Waals surface area contributed by atoms with Crippen LogP contribution in [0.2, 0.25) is 0 Å². The first-order valence-electron chi connectivity index (χ1n) is 5.88. The maximum absolute atomic E-state index is 11.3. The molecule has 0 amide bonds. The van der Waals surface area contributed by atoms with Crippen LogP contribution < -0.4 is 0 Å². The Balaban J connectivity index is 2.73. The van der Waals surface area contributed by atoms with Crippen LogP contribution in [0, 0.1) is 0 Å². The normalized spacial score (nSPS) is 10.6. The molecule has 0 saturated carbocycles. The monoisotopic (exact) mass is 326 g/mol. The first-order chi connectivity index (χ1) is 9.02. The molecule has 0 bridgehead atoms. The van der Waals surface area contributed by atoms with Crippen LogP contribution in [-0.2, 0) is 20.7 Å². The molecule has 0 saturated heterocycles. The standard InChI is InChI=1S/C14H15BrO4/c1-2-19-14(18)8-4-10-3-6-12(15)11(9-10)5-7-13(16)17/h3,5-7,9H,2,4,8H2,1H3,(H,16,17)/b7-5+. The zero-order valence-corrected chi connectivity index (χ0v) is 12.1. The molecule has 0 aliphatic carbocycles. The van der Waals surface area contributed by atoms with Gasteiger partial charge in [0, 0.05) is 17.0 Å². The number of hydrogen-bond donors (Lipinski definition) is 1. The predicted molar refractivity (Wildman–Crippen MR) is 75.8 cm³/mol. The predicted octanol–water partition coefficient (Wildman–Crippen LogP) is 3.04. The van der Waals surface area contributed by atoms with E-state index in [1.165, 1.54) is 6.08 Å². The molecular formula is C14H15BrO4. The Kier molecular flexibility index (Phi) is 6.29. The van der Waals surface area contributed by atoms with E-state index in [-0.39, 0.29) is 5.97 Å². The molecule has 19 heavy (non-hydrogen) atoms. The second-order valence-electron chi connectivity index (χ2n) is 3.83. The van der Waals surface area contributed by atoms with Crippen molar-refractivity contribution in [2.75, 3.05) is 6.61 Å². The number of benzene rings is 1. The average molecular weight is 327 g/mol. The summed E-state index contributed by atoms with van der Waals surface area (Å²) in [5, 5.41) is 8.61. The van der Waals surface area contributed by atoms with Gasteiger partial charge in [-0.15, -0.1) is 0 Å². The summed E-state index contributed by atoms with van der Waals surface area (Å²) in [5.41, 5.74) is 1.73. The molecule has 0 fully saturated rings. The maximum Gasteiger partial charge on any atom is 0.328 e. The fourth-order valence-electron chi connectivity index (χ4n) is 1.52. The fourth-order valence-corrected chi connectivity index (χ4v) is 1.90. The molecule has 0 unspecified atom stereocenters. The number of rotatable bonds is 6. The molecule has 0 radical (unpaired) electrons. The summed E-state index contributed by atoms with van der Waals surface area (Å²) in [6.07, 6.45) is 3.48. The third kappa shape index (κ3) is 5.70. The number of carboxylic acids is 1. The lowest BCUT2D eigenvalue weighted by Gasteiger charge is -2.05. The minimum Gasteiger partial charge on any atom is -0.478 e. The van der Waals surface area contributed by atoms with Crippen LogP contribution in [-0.4, -0.2) is 23.7 Å². The van der Waals surface area contributed by atoms with Crippen LogP contribution in [0.15, 0.2) is 28.7 Å². The lowest BCUT2D eigenvalue weighted by atomic mass is 10.1. The molecule has 102 valence electrons. The van der Waals surface area contributed by atoms with E-state index in [2.05, 4.69) is 15.9 Å². The highest BCUT2D eigenvalue weighted by Gasteiger charge is 2.04. The Bertz CT molecular complexity index is 494. The van der Waals surface area contributed by atoms with Gasteiger partial charge in [-0.1, -0.05) is 28.1 Å². The zero-order valence-electron chi connectivity index (χ0n) is 10.6. The van der Waals surface area contributed by atoms with Gasteiger partial charge in [0.15, 0.2) is 0 Å². The molecule has 5 heteroatoms. The number of carbonyl (C=O) groups excluding carboxylic acids is 1. The number of hydrogen-bond acceptors (Lipinski definition) is 3. The van der Waals surface area contributed by atoms with Crippen LogP contribution in [0.25, 0.3) is 6.08 Å². The molecule has 0 aromatic heterocycles. The molecule has 0 heterocycles. The first-order valence-corrected chi connectivity index (χ1v) is 6.67. The molecule has 1 aromatic rings. The van der Waals surface area contributed by atoms with Crippen LogP contribution in [0.3, 0.4) is 0 Å². The van der Waals surface area contributed by atoms with Gasteiger partial charge in [-0.25, -0.2) is 4.79 Å². The zero-order chi connectivity index (χ0) is 14.3. The summed E-state index contributed by atoms with van der Waals surface area (Å²) < 4.78 is 5.67. The van der Waals surface area contributed by atoms with Crippen molar-refractivity contribution in [3.05, 3.63) is 39.9 Å². The quantitative estimate of drug-likeness (QED) is 0.644. The molecule has 0 atom stereocenters. The van der Waals surface area contributed by atoms with E-state index >= 15 is 0 Å². The number of halogens is 1. The Labute approximate surface area is 120 Å². The number of esters is 1. The third-order valence-electron chi connectivity index (χ3n) is 2.39. The van der Waals surface area contributed by atoms with Gasteiger partial charge in [0.25, 0.3) is 0 Å². The molecular weight excluding hydrogens is 312 g/mol. The minimum atomic E-state index is -0.996. The minimum absolute atomic E-state index is 0.229. The van der Waals surface area contributed by atoms with Crippen molar-refractivity contribution in [1.29, 1.82) is 0 Å². The Hall–Kier alpha value is -1.62. The first kappa shape index (κ1) is 15.4. The maximum atomic E-state index is 11.3. The van der Waals surface area contributed by atoms with Crippen molar-refractivity contribution < 1.29 is 19.4 Å². The molecule has 1 rings (SSSR count). The van der Waals surface area contributed by atoms with Crippen LogP contribution in [0.4, 0.5) is 0 Å². The SMILES string of the molecule is CCOC(=O)CCc1ccc(Br)c(/C=C/C(=O)O)c1. The van der Waals surface area contributed by atoms with Crippen molar-refractivity contribution in [3.63, 3.8) is 0 Å². The second-order valence-corrected chi connectivity index (χ2v) is 4.69. The van der Waals surface area contributed by atoms with Gasteiger partial charge in [0.05, 0.1) is 6.61 Å². The van der Waals surface area contributed by atoms with E-state index in [0.29, 0.717) is 19.4 Å². The van der Waals surface area contributed by atoms with Crippen LogP contribution in [0.1, 0.15) is 24.5 Å². The van der Waals surface area contributed by atoms with Crippen molar-refractivity contribution in [3.8, 4) is 0 Å². The summed E-state index contributed by atoms with van der Waals surface area (Å²) in [4.78, 5) is 21.8. The van der Waals surface area contributed by atoms with Gasteiger partial charge < -0.3 is 9.84 Å². The van der Waals surface area contributed by atoms with E-state index in [9.17, 15) is 9.59 Å². The average Bonchev–Trinajstić information content (AvgIpc) is 2.36. The smallest absolute Gasteiger partial charge is 0.328 e. The molecule has 4 nitrogen and oxygen atoms in total.